The number of halogens is 2. The molecule has 0 radical (unpaired) electrons. The zero-order chi connectivity index (χ0) is 19.9. The van der Waals surface area contributed by atoms with Crippen LogP contribution in [0.15, 0.2) is 42.2 Å². The highest BCUT2D eigenvalue weighted by molar-refractivity contribution is 5.73. The van der Waals surface area contributed by atoms with Gasteiger partial charge in [-0.05, 0) is 67.2 Å². The molecule has 0 bridgehead atoms. The van der Waals surface area contributed by atoms with Gasteiger partial charge in [0.25, 0.3) is 0 Å². The van der Waals surface area contributed by atoms with E-state index in [4.69, 9.17) is 4.74 Å². The number of hydrogen-bond acceptors (Lipinski definition) is 1. The second-order valence-corrected chi connectivity index (χ2v) is 8.26. The van der Waals surface area contributed by atoms with E-state index in [1.165, 1.54) is 56.9 Å². The van der Waals surface area contributed by atoms with Crippen molar-refractivity contribution in [3.63, 3.8) is 0 Å². The van der Waals surface area contributed by atoms with Crippen LogP contribution >= 0.6 is 0 Å². The standard InChI is InChI=1S/C25H34F2O/c1-3-5-6-7-18-8-10-19(11-9-18)20-12-14-21(15-13-20)22-16-17-23(28-4-2)25(27)24(22)26/h12-19,24-25H,3-11H2,1-2H3. The van der Waals surface area contributed by atoms with Crippen LogP contribution in [0.2, 0.25) is 0 Å². The summed E-state index contributed by atoms with van der Waals surface area (Å²) >= 11 is 0. The van der Waals surface area contributed by atoms with Gasteiger partial charge in [-0.15, -0.1) is 0 Å². The van der Waals surface area contributed by atoms with Crippen LogP contribution in [0.3, 0.4) is 0 Å². The molecule has 154 valence electrons. The molecule has 0 spiro atoms. The Balaban J connectivity index is 1.60. The van der Waals surface area contributed by atoms with Crippen LogP contribution in [0.5, 0.6) is 0 Å². The lowest BCUT2D eigenvalue weighted by Crippen LogP contribution is -2.25. The molecule has 1 aromatic rings. The first-order chi connectivity index (χ1) is 13.6. The third-order valence-electron chi connectivity index (χ3n) is 6.34. The van der Waals surface area contributed by atoms with Crippen LogP contribution in [-0.2, 0) is 4.74 Å². The number of allylic oxidation sites excluding steroid dienone is 4. The molecule has 0 saturated heterocycles. The molecule has 1 aromatic carbocycles. The van der Waals surface area contributed by atoms with Gasteiger partial charge in [0.1, 0.15) is 5.76 Å². The van der Waals surface area contributed by atoms with Crippen molar-refractivity contribution in [2.45, 2.75) is 83.5 Å². The predicted octanol–water partition coefficient (Wildman–Crippen LogP) is 7.53. The Labute approximate surface area is 168 Å². The smallest absolute Gasteiger partial charge is 0.192 e. The third-order valence-corrected chi connectivity index (χ3v) is 6.34. The fourth-order valence-corrected chi connectivity index (χ4v) is 4.62. The molecule has 2 unspecified atom stereocenters. The molecule has 28 heavy (non-hydrogen) atoms. The summed E-state index contributed by atoms with van der Waals surface area (Å²) in [7, 11) is 0. The van der Waals surface area contributed by atoms with E-state index in [9.17, 15) is 8.78 Å². The highest BCUT2D eigenvalue weighted by Gasteiger charge is 2.32. The zero-order valence-electron chi connectivity index (χ0n) is 17.3. The van der Waals surface area contributed by atoms with Crippen molar-refractivity contribution in [2.75, 3.05) is 6.61 Å². The second-order valence-electron chi connectivity index (χ2n) is 8.26. The lowest BCUT2D eigenvalue weighted by Gasteiger charge is -2.29. The number of alkyl halides is 2. The Morgan fingerprint density at radius 3 is 2.25 bits per heavy atom. The summed E-state index contributed by atoms with van der Waals surface area (Å²) in [4.78, 5) is 0. The molecule has 0 heterocycles. The molecular formula is C25H34F2O. The predicted molar refractivity (Wildman–Crippen MR) is 113 cm³/mol. The Bertz CT molecular complexity index is 668. The van der Waals surface area contributed by atoms with E-state index in [1.807, 2.05) is 12.1 Å². The Hall–Kier alpha value is -1.64. The lowest BCUT2D eigenvalue weighted by molar-refractivity contribution is 0.128. The molecule has 2 aliphatic carbocycles. The van der Waals surface area contributed by atoms with Gasteiger partial charge in [-0.3, -0.25) is 0 Å². The average molecular weight is 389 g/mol. The Morgan fingerprint density at radius 1 is 0.893 bits per heavy atom. The van der Waals surface area contributed by atoms with Crippen molar-refractivity contribution in [3.8, 4) is 0 Å². The van der Waals surface area contributed by atoms with Crippen molar-refractivity contribution >= 4 is 5.57 Å². The highest BCUT2D eigenvalue weighted by atomic mass is 19.2. The minimum Gasteiger partial charge on any atom is -0.495 e. The van der Waals surface area contributed by atoms with E-state index in [2.05, 4.69) is 19.1 Å². The fourth-order valence-electron chi connectivity index (χ4n) is 4.62. The summed E-state index contributed by atoms with van der Waals surface area (Å²) in [6, 6.07) is 8.13. The molecule has 1 saturated carbocycles. The second kappa shape index (κ2) is 10.2. The normalized spacial score (nSPS) is 27.9. The summed E-state index contributed by atoms with van der Waals surface area (Å²) in [5.41, 5.74) is 2.51. The SMILES string of the molecule is CCCCCC1CCC(c2ccc(C3=CC=C(OCC)C(F)C3F)cc2)CC1. The maximum absolute atomic E-state index is 14.6. The Morgan fingerprint density at radius 2 is 1.61 bits per heavy atom. The van der Waals surface area contributed by atoms with E-state index in [-0.39, 0.29) is 5.76 Å². The van der Waals surface area contributed by atoms with Gasteiger partial charge in [0.2, 0.25) is 0 Å². The first-order valence-electron chi connectivity index (χ1n) is 11.1. The van der Waals surface area contributed by atoms with Gasteiger partial charge in [-0.1, -0.05) is 62.9 Å². The van der Waals surface area contributed by atoms with Crippen molar-refractivity contribution in [3.05, 3.63) is 53.3 Å². The number of ether oxygens (including phenoxy) is 1. The first kappa shape index (κ1) is 21.1. The van der Waals surface area contributed by atoms with Gasteiger partial charge in [-0.25, -0.2) is 8.78 Å². The zero-order valence-corrected chi connectivity index (χ0v) is 17.3. The maximum Gasteiger partial charge on any atom is 0.192 e. The number of benzene rings is 1. The fraction of sp³-hybridized carbons (Fsp3) is 0.600. The van der Waals surface area contributed by atoms with E-state index in [0.29, 0.717) is 18.1 Å². The van der Waals surface area contributed by atoms with Crippen molar-refractivity contribution in [2.24, 2.45) is 5.92 Å². The van der Waals surface area contributed by atoms with Gasteiger partial charge in [0.15, 0.2) is 12.3 Å². The van der Waals surface area contributed by atoms with Crippen LogP contribution < -0.4 is 0 Å². The van der Waals surface area contributed by atoms with Crippen LogP contribution in [-0.4, -0.2) is 19.0 Å². The summed E-state index contributed by atoms with van der Waals surface area (Å²) in [6.45, 7) is 4.38. The average Bonchev–Trinajstić information content (AvgIpc) is 2.73. The van der Waals surface area contributed by atoms with Gasteiger partial charge in [0, 0.05) is 0 Å². The monoisotopic (exact) mass is 388 g/mol. The van der Waals surface area contributed by atoms with E-state index >= 15 is 0 Å². The summed E-state index contributed by atoms with van der Waals surface area (Å²) in [5.74, 6) is 1.59. The summed E-state index contributed by atoms with van der Waals surface area (Å²) in [5, 5.41) is 0. The van der Waals surface area contributed by atoms with Crippen molar-refractivity contribution in [1.82, 2.24) is 0 Å². The molecule has 0 N–H and O–H groups in total. The summed E-state index contributed by atoms with van der Waals surface area (Å²) in [6.07, 6.45) is 10.4. The molecule has 3 rings (SSSR count). The molecule has 2 aliphatic rings. The molecule has 3 heteroatoms. The third kappa shape index (κ3) is 5.04. The first-order valence-corrected chi connectivity index (χ1v) is 11.1. The molecule has 1 fully saturated rings. The number of rotatable bonds is 8. The highest BCUT2D eigenvalue weighted by Crippen LogP contribution is 2.39. The van der Waals surface area contributed by atoms with E-state index in [1.54, 1.807) is 19.1 Å². The van der Waals surface area contributed by atoms with Gasteiger partial charge in [-0.2, -0.15) is 0 Å². The van der Waals surface area contributed by atoms with Crippen LogP contribution in [0.25, 0.3) is 5.57 Å². The van der Waals surface area contributed by atoms with Gasteiger partial charge in [0.05, 0.1) is 6.61 Å². The van der Waals surface area contributed by atoms with E-state index in [0.717, 1.165) is 11.5 Å². The largest absolute Gasteiger partial charge is 0.495 e. The van der Waals surface area contributed by atoms with Gasteiger partial charge < -0.3 is 4.74 Å². The summed E-state index contributed by atoms with van der Waals surface area (Å²) < 4.78 is 34.0. The Kier molecular flexibility index (Phi) is 7.70. The number of unbranched alkanes of at least 4 members (excludes halogenated alkanes) is 2. The minimum atomic E-state index is -1.72. The molecule has 2 atom stereocenters. The molecule has 0 aromatic heterocycles. The minimum absolute atomic E-state index is 0.0890. The maximum atomic E-state index is 14.6. The van der Waals surface area contributed by atoms with Crippen molar-refractivity contribution < 1.29 is 13.5 Å². The number of hydrogen-bond donors (Lipinski definition) is 0. The molecule has 1 nitrogen and oxygen atoms in total. The van der Waals surface area contributed by atoms with Crippen LogP contribution in [0, 0.1) is 5.92 Å². The van der Waals surface area contributed by atoms with Crippen LogP contribution in [0.1, 0.15) is 82.3 Å². The lowest BCUT2D eigenvalue weighted by atomic mass is 9.77. The van der Waals surface area contributed by atoms with E-state index < -0.39 is 12.3 Å². The van der Waals surface area contributed by atoms with Crippen LogP contribution in [0.4, 0.5) is 8.78 Å². The topological polar surface area (TPSA) is 9.23 Å². The quantitative estimate of drug-likeness (QED) is 0.418. The molecule has 0 aliphatic heterocycles. The van der Waals surface area contributed by atoms with Gasteiger partial charge >= 0.3 is 0 Å². The van der Waals surface area contributed by atoms with Crippen molar-refractivity contribution in [1.29, 1.82) is 0 Å². The molecule has 0 amide bonds. The molecular weight excluding hydrogens is 354 g/mol.